The summed E-state index contributed by atoms with van der Waals surface area (Å²) in [5, 5.41) is 11.9. The number of aryl methyl sites for hydroxylation is 1. The molecule has 0 saturated carbocycles. The van der Waals surface area contributed by atoms with E-state index < -0.39 is 0 Å². The number of benzene rings is 1. The van der Waals surface area contributed by atoms with E-state index in [1.54, 1.807) is 6.08 Å². The van der Waals surface area contributed by atoms with E-state index in [0.29, 0.717) is 12.3 Å². The Hall–Kier alpha value is -1.66. The quantitative estimate of drug-likeness (QED) is 0.426. The molecule has 1 aromatic heterocycles. The standard InChI is InChI=1S/C16H19N3OS2/c1-3-5-12-6-8-13(9-7-12)14(20)11-21-16-19-18-15(22-16)17-10-4-2/h4,6-9H,2-3,5,10-11H2,1H3,(H,17,18). The summed E-state index contributed by atoms with van der Waals surface area (Å²) in [5.74, 6) is 0.493. The summed E-state index contributed by atoms with van der Waals surface area (Å²) in [6.45, 7) is 6.44. The summed E-state index contributed by atoms with van der Waals surface area (Å²) < 4.78 is 0.794. The van der Waals surface area contributed by atoms with Crippen molar-refractivity contribution in [3.63, 3.8) is 0 Å². The maximum absolute atomic E-state index is 12.2. The lowest BCUT2D eigenvalue weighted by Crippen LogP contribution is -2.02. The number of thioether (sulfide) groups is 1. The third kappa shape index (κ3) is 4.96. The van der Waals surface area contributed by atoms with Crippen LogP contribution in [0.2, 0.25) is 0 Å². The van der Waals surface area contributed by atoms with Gasteiger partial charge in [0.15, 0.2) is 10.1 Å². The molecule has 0 spiro atoms. The van der Waals surface area contributed by atoms with Crippen LogP contribution in [0.3, 0.4) is 0 Å². The summed E-state index contributed by atoms with van der Waals surface area (Å²) in [7, 11) is 0. The highest BCUT2D eigenvalue weighted by Crippen LogP contribution is 2.26. The van der Waals surface area contributed by atoms with Crippen LogP contribution in [0.25, 0.3) is 0 Å². The average Bonchev–Trinajstić information content (AvgIpc) is 2.99. The molecule has 0 unspecified atom stereocenters. The lowest BCUT2D eigenvalue weighted by atomic mass is 10.1. The van der Waals surface area contributed by atoms with Gasteiger partial charge in [-0.3, -0.25) is 4.79 Å². The predicted molar refractivity (Wildman–Crippen MR) is 94.1 cm³/mol. The highest BCUT2D eigenvalue weighted by molar-refractivity contribution is 8.01. The zero-order valence-corrected chi connectivity index (χ0v) is 14.2. The molecule has 0 fully saturated rings. The maximum atomic E-state index is 12.2. The van der Waals surface area contributed by atoms with Crippen molar-refractivity contribution < 1.29 is 4.79 Å². The molecule has 0 atom stereocenters. The fraction of sp³-hybridized carbons (Fsp3) is 0.312. The van der Waals surface area contributed by atoms with Crippen LogP contribution in [0.5, 0.6) is 0 Å². The third-order valence-corrected chi connectivity index (χ3v) is 4.96. The zero-order valence-electron chi connectivity index (χ0n) is 12.5. The normalized spacial score (nSPS) is 10.4. The van der Waals surface area contributed by atoms with Crippen LogP contribution in [0.4, 0.5) is 5.13 Å². The summed E-state index contributed by atoms with van der Waals surface area (Å²) in [6.07, 6.45) is 3.93. The first-order chi connectivity index (χ1) is 10.7. The maximum Gasteiger partial charge on any atom is 0.206 e. The molecule has 2 aromatic rings. The van der Waals surface area contributed by atoms with E-state index in [2.05, 4.69) is 29.0 Å². The molecule has 2 rings (SSSR count). The van der Waals surface area contributed by atoms with Gasteiger partial charge >= 0.3 is 0 Å². The minimum Gasteiger partial charge on any atom is -0.357 e. The molecule has 1 aromatic carbocycles. The van der Waals surface area contributed by atoms with Gasteiger partial charge < -0.3 is 5.32 Å². The summed E-state index contributed by atoms with van der Waals surface area (Å²) >= 11 is 2.87. The van der Waals surface area contributed by atoms with Gasteiger partial charge in [-0.05, 0) is 12.0 Å². The second kappa shape index (κ2) is 8.70. The molecule has 0 saturated heterocycles. The van der Waals surface area contributed by atoms with Crippen molar-refractivity contribution in [2.45, 2.75) is 24.1 Å². The lowest BCUT2D eigenvalue weighted by molar-refractivity contribution is 0.102. The van der Waals surface area contributed by atoms with Crippen LogP contribution in [0.1, 0.15) is 29.3 Å². The topological polar surface area (TPSA) is 54.9 Å². The SMILES string of the molecule is C=CCNc1nnc(SCC(=O)c2ccc(CCC)cc2)s1. The molecule has 1 heterocycles. The van der Waals surface area contributed by atoms with Gasteiger partial charge in [-0.25, -0.2) is 0 Å². The first-order valence-electron chi connectivity index (χ1n) is 7.16. The Labute approximate surface area is 139 Å². The van der Waals surface area contributed by atoms with Crippen LogP contribution in [0.15, 0.2) is 41.3 Å². The molecule has 0 aliphatic rings. The van der Waals surface area contributed by atoms with Gasteiger partial charge in [0.05, 0.1) is 5.75 Å². The van der Waals surface area contributed by atoms with Crippen molar-refractivity contribution in [2.24, 2.45) is 0 Å². The average molecular weight is 333 g/mol. The molecule has 22 heavy (non-hydrogen) atoms. The first kappa shape index (κ1) is 16.7. The Morgan fingerprint density at radius 3 is 2.82 bits per heavy atom. The van der Waals surface area contributed by atoms with E-state index in [9.17, 15) is 4.79 Å². The Morgan fingerprint density at radius 2 is 2.14 bits per heavy atom. The van der Waals surface area contributed by atoms with Gasteiger partial charge in [0.1, 0.15) is 0 Å². The molecular formula is C16H19N3OS2. The smallest absolute Gasteiger partial charge is 0.206 e. The highest BCUT2D eigenvalue weighted by Gasteiger charge is 2.10. The number of aromatic nitrogens is 2. The minimum atomic E-state index is 0.115. The number of rotatable bonds is 9. The fourth-order valence-corrected chi connectivity index (χ4v) is 3.51. The number of carbonyl (C=O) groups is 1. The summed E-state index contributed by atoms with van der Waals surface area (Å²) in [6, 6.07) is 7.88. The van der Waals surface area contributed by atoms with E-state index in [0.717, 1.165) is 27.9 Å². The van der Waals surface area contributed by atoms with Gasteiger partial charge in [0, 0.05) is 12.1 Å². The number of carbonyl (C=O) groups excluding carboxylic acids is 1. The van der Waals surface area contributed by atoms with Gasteiger partial charge in [-0.15, -0.1) is 16.8 Å². The van der Waals surface area contributed by atoms with E-state index >= 15 is 0 Å². The Balaban J connectivity index is 1.86. The van der Waals surface area contributed by atoms with Gasteiger partial charge in [-0.1, -0.05) is 66.8 Å². The molecule has 4 nitrogen and oxygen atoms in total. The number of anilines is 1. The monoisotopic (exact) mass is 333 g/mol. The number of nitrogens with zero attached hydrogens (tertiary/aromatic N) is 2. The molecule has 116 valence electrons. The van der Waals surface area contributed by atoms with Crippen molar-refractivity contribution in [3.8, 4) is 0 Å². The van der Waals surface area contributed by atoms with Crippen molar-refractivity contribution in [3.05, 3.63) is 48.0 Å². The summed E-state index contributed by atoms with van der Waals surface area (Å²) in [4.78, 5) is 12.2. The van der Waals surface area contributed by atoms with E-state index in [4.69, 9.17) is 0 Å². The van der Waals surface area contributed by atoms with Crippen LogP contribution >= 0.6 is 23.1 Å². The first-order valence-corrected chi connectivity index (χ1v) is 8.96. The van der Waals surface area contributed by atoms with Crippen molar-refractivity contribution in [2.75, 3.05) is 17.6 Å². The van der Waals surface area contributed by atoms with Gasteiger partial charge in [0.25, 0.3) is 0 Å². The van der Waals surface area contributed by atoms with Crippen LogP contribution < -0.4 is 5.32 Å². The Kier molecular flexibility index (Phi) is 6.61. The zero-order chi connectivity index (χ0) is 15.8. The number of hydrogen-bond acceptors (Lipinski definition) is 6. The van der Waals surface area contributed by atoms with E-state index in [-0.39, 0.29) is 5.78 Å². The second-order valence-corrected chi connectivity index (χ2v) is 6.90. The molecule has 0 bridgehead atoms. The third-order valence-electron chi connectivity index (χ3n) is 2.95. The molecular weight excluding hydrogens is 314 g/mol. The van der Waals surface area contributed by atoms with Crippen molar-refractivity contribution >= 4 is 34.0 Å². The van der Waals surface area contributed by atoms with Crippen LogP contribution in [-0.4, -0.2) is 28.3 Å². The molecule has 0 amide bonds. The van der Waals surface area contributed by atoms with Crippen LogP contribution in [0, 0.1) is 0 Å². The number of hydrogen-bond donors (Lipinski definition) is 1. The fourth-order valence-electron chi connectivity index (χ4n) is 1.86. The van der Waals surface area contributed by atoms with Gasteiger partial charge in [0.2, 0.25) is 5.13 Å². The molecule has 1 N–H and O–H groups in total. The number of ketones is 1. The second-order valence-electron chi connectivity index (χ2n) is 4.70. The van der Waals surface area contributed by atoms with E-state index in [1.807, 2.05) is 24.3 Å². The lowest BCUT2D eigenvalue weighted by Gasteiger charge is -2.02. The van der Waals surface area contributed by atoms with Crippen molar-refractivity contribution in [1.29, 1.82) is 0 Å². The number of nitrogens with one attached hydrogen (secondary N) is 1. The Morgan fingerprint density at radius 1 is 1.36 bits per heavy atom. The predicted octanol–water partition coefficient (Wildman–Crippen LogP) is 4.06. The minimum absolute atomic E-state index is 0.115. The highest BCUT2D eigenvalue weighted by atomic mass is 32.2. The van der Waals surface area contributed by atoms with Gasteiger partial charge in [-0.2, -0.15) is 0 Å². The molecule has 0 aliphatic carbocycles. The van der Waals surface area contributed by atoms with Crippen molar-refractivity contribution in [1.82, 2.24) is 10.2 Å². The summed E-state index contributed by atoms with van der Waals surface area (Å²) in [5.41, 5.74) is 2.02. The number of Topliss-reactive ketones (excluding diaryl/α,β-unsaturated/α-hetero) is 1. The van der Waals surface area contributed by atoms with E-state index in [1.165, 1.54) is 28.7 Å². The molecule has 6 heteroatoms. The van der Waals surface area contributed by atoms with Crippen LogP contribution in [-0.2, 0) is 6.42 Å². The largest absolute Gasteiger partial charge is 0.357 e. The Bertz CT molecular complexity index is 623. The molecule has 0 aliphatic heterocycles. The molecule has 0 radical (unpaired) electrons.